The van der Waals surface area contributed by atoms with Crippen LogP contribution >= 0.6 is 0 Å². The normalized spacial score (nSPS) is 16.2. The van der Waals surface area contributed by atoms with Crippen LogP contribution in [0.2, 0.25) is 0 Å². The zero-order valence-corrected chi connectivity index (χ0v) is 14.5. The molecule has 0 saturated heterocycles. The molecule has 5 heteroatoms. The number of carbonyl (C=O) groups is 1. The van der Waals surface area contributed by atoms with Crippen LogP contribution in [-0.2, 0) is 4.74 Å². The van der Waals surface area contributed by atoms with Crippen molar-refractivity contribution in [3.05, 3.63) is 23.8 Å². The highest BCUT2D eigenvalue weighted by atomic mass is 16.5. The first-order valence-corrected chi connectivity index (χ1v) is 8.18. The SMILES string of the molecule is COc1ccc(C(=O)N(C)CC(C)OC)c(OC2CCCC2)c1. The fourth-order valence-electron chi connectivity index (χ4n) is 2.84. The maximum atomic E-state index is 12.7. The summed E-state index contributed by atoms with van der Waals surface area (Å²) in [6.45, 7) is 2.47. The van der Waals surface area contributed by atoms with E-state index >= 15 is 0 Å². The molecule has 0 bridgehead atoms. The standard InChI is InChI=1S/C18H27NO4/c1-13(21-3)12-19(2)18(20)16-10-9-15(22-4)11-17(16)23-14-7-5-6-8-14/h9-11,13-14H,5-8,12H2,1-4H3. The first-order chi connectivity index (χ1) is 11.0. The Kier molecular flexibility index (Phi) is 6.28. The van der Waals surface area contributed by atoms with E-state index < -0.39 is 0 Å². The number of nitrogens with zero attached hydrogens (tertiary/aromatic N) is 1. The number of benzene rings is 1. The Labute approximate surface area is 138 Å². The van der Waals surface area contributed by atoms with Gasteiger partial charge in [-0.15, -0.1) is 0 Å². The Balaban J connectivity index is 2.19. The first kappa shape index (κ1) is 17.6. The third-order valence-electron chi connectivity index (χ3n) is 4.30. The molecule has 0 aromatic heterocycles. The van der Waals surface area contributed by atoms with Gasteiger partial charge in [0.2, 0.25) is 0 Å². The van der Waals surface area contributed by atoms with Crippen molar-refractivity contribution < 1.29 is 19.0 Å². The summed E-state index contributed by atoms with van der Waals surface area (Å²) in [5, 5.41) is 0. The van der Waals surface area contributed by atoms with Crippen LogP contribution in [0.3, 0.4) is 0 Å². The van der Waals surface area contributed by atoms with Gasteiger partial charge in [0, 0.05) is 26.8 Å². The van der Waals surface area contributed by atoms with Crippen molar-refractivity contribution in [1.29, 1.82) is 0 Å². The van der Waals surface area contributed by atoms with Gasteiger partial charge in [0.1, 0.15) is 11.5 Å². The van der Waals surface area contributed by atoms with Crippen LogP contribution in [0, 0.1) is 0 Å². The number of likely N-dealkylation sites (N-methyl/N-ethyl adjacent to an activating group) is 1. The number of carbonyl (C=O) groups excluding carboxylic acids is 1. The minimum Gasteiger partial charge on any atom is -0.497 e. The lowest BCUT2D eigenvalue weighted by Gasteiger charge is -2.23. The predicted molar refractivity (Wildman–Crippen MR) is 89.3 cm³/mol. The lowest BCUT2D eigenvalue weighted by molar-refractivity contribution is 0.0594. The molecule has 0 aliphatic heterocycles. The first-order valence-electron chi connectivity index (χ1n) is 8.18. The third-order valence-corrected chi connectivity index (χ3v) is 4.30. The molecular weight excluding hydrogens is 294 g/mol. The summed E-state index contributed by atoms with van der Waals surface area (Å²) >= 11 is 0. The highest BCUT2D eigenvalue weighted by Gasteiger charge is 2.23. The average molecular weight is 321 g/mol. The summed E-state index contributed by atoms with van der Waals surface area (Å²) in [5.41, 5.74) is 0.573. The quantitative estimate of drug-likeness (QED) is 0.774. The Morgan fingerprint density at radius 2 is 2.00 bits per heavy atom. The van der Waals surface area contributed by atoms with E-state index in [9.17, 15) is 4.79 Å². The number of methoxy groups -OCH3 is 2. The monoisotopic (exact) mass is 321 g/mol. The molecule has 1 aromatic carbocycles. The van der Waals surface area contributed by atoms with Crippen LogP contribution in [0.25, 0.3) is 0 Å². The Bertz CT molecular complexity index is 526. The van der Waals surface area contributed by atoms with Gasteiger partial charge in [-0.25, -0.2) is 0 Å². The maximum absolute atomic E-state index is 12.7. The second-order valence-corrected chi connectivity index (χ2v) is 6.12. The zero-order valence-electron chi connectivity index (χ0n) is 14.5. The summed E-state index contributed by atoms with van der Waals surface area (Å²) in [5.74, 6) is 1.24. The van der Waals surface area contributed by atoms with Crippen LogP contribution in [0.1, 0.15) is 43.0 Å². The van der Waals surface area contributed by atoms with Gasteiger partial charge in [-0.3, -0.25) is 4.79 Å². The zero-order chi connectivity index (χ0) is 16.8. The molecule has 1 aromatic rings. The van der Waals surface area contributed by atoms with Crippen molar-refractivity contribution in [2.75, 3.05) is 27.8 Å². The molecule has 5 nitrogen and oxygen atoms in total. The minimum absolute atomic E-state index is 0.0126. The second kappa shape index (κ2) is 8.20. The largest absolute Gasteiger partial charge is 0.497 e. The number of amides is 1. The van der Waals surface area contributed by atoms with Gasteiger partial charge in [-0.2, -0.15) is 0 Å². The van der Waals surface area contributed by atoms with E-state index in [-0.39, 0.29) is 18.1 Å². The molecule has 1 unspecified atom stereocenters. The highest BCUT2D eigenvalue weighted by molar-refractivity contribution is 5.97. The second-order valence-electron chi connectivity index (χ2n) is 6.12. The molecule has 1 aliphatic carbocycles. The van der Waals surface area contributed by atoms with Crippen molar-refractivity contribution in [1.82, 2.24) is 4.90 Å². The molecule has 0 N–H and O–H groups in total. The average Bonchev–Trinajstić information content (AvgIpc) is 3.06. The van der Waals surface area contributed by atoms with Gasteiger partial charge in [-0.05, 0) is 44.7 Å². The van der Waals surface area contributed by atoms with E-state index in [2.05, 4.69) is 0 Å². The van der Waals surface area contributed by atoms with Crippen LogP contribution < -0.4 is 9.47 Å². The number of hydrogen-bond acceptors (Lipinski definition) is 4. The van der Waals surface area contributed by atoms with E-state index in [1.54, 1.807) is 44.4 Å². The van der Waals surface area contributed by atoms with E-state index in [1.165, 1.54) is 12.8 Å². The Morgan fingerprint density at radius 3 is 2.61 bits per heavy atom. The number of ether oxygens (including phenoxy) is 3. The summed E-state index contributed by atoms with van der Waals surface area (Å²) < 4.78 is 16.6. The van der Waals surface area contributed by atoms with E-state index in [0.717, 1.165) is 12.8 Å². The van der Waals surface area contributed by atoms with Crippen LogP contribution in [-0.4, -0.2) is 50.8 Å². The molecule has 1 fully saturated rings. The fourth-order valence-corrected chi connectivity index (χ4v) is 2.84. The van der Waals surface area contributed by atoms with Gasteiger partial charge >= 0.3 is 0 Å². The maximum Gasteiger partial charge on any atom is 0.257 e. The van der Waals surface area contributed by atoms with Gasteiger partial charge < -0.3 is 19.1 Å². The van der Waals surface area contributed by atoms with E-state index in [0.29, 0.717) is 23.6 Å². The molecule has 0 heterocycles. The van der Waals surface area contributed by atoms with Crippen molar-refractivity contribution in [2.45, 2.75) is 44.8 Å². The molecule has 1 atom stereocenters. The molecule has 1 amide bonds. The van der Waals surface area contributed by atoms with Crippen LogP contribution in [0.15, 0.2) is 18.2 Å². The number of hydrogen-bond donors (Lipinski definition) is 0. The molecule has 0 spiro atoms. The molecule has 1 aliphatic rings. The topological polar surface area (TPSA) is 48.0 Å². The van der Waals surface area contributed by atoms with Crippen LogP contribution in [0.5, 0.6) is 11.5 Å². The highest BCUT2D eigenvalue weighted by Crippen LogP contribution is 2.30. The van der Waals surface area contributed by atoms with Crippen LogP contribution in [0.4, 0.5) is 0 Å². The number of rotatable bonds is 7. The van der Waals surface area contributed by atoms with Gasteiger partial charge in [0.25, 0.3) is 5.91 Å². The predicted octanol–water partition coefficient (Wildman–Crippen LogP) is 3.12. The molecule has 23 heavy (non-hydrogen) atoms. The van der Waals surface area contributed by atoms with Crippen molar-refractivity contribution >= 4 is 5.91 Å². The van der Waals surface area contributed by atoms with Gasteiger partial charge in [0.15, 0.2) is 0 Å². The smallest absolute Gasteiger partial charge is 0.257 e. The van der Waals surface area contributed by atoms with Crippen molar-refractivity contribution in [2.24, 2.45) is 0 Å². The lowest BCUT2D eigenvalue weighted by Crippen LogP contribution is -2.34. The molecular formula is C18H27NO4. The summed E-state index contributed by atoms with van der Waals surface area (Å²) in [6, 6.07) is 5.38. The lowest BCUT2D eigenvalue weighted by atomic mass is 10.1. The summed E-state index contributed by atoms with van der Waals surface area (Å²) in [4.78, 5) is 14.4. The minimum atomic E-state index is -0.0652. The third kappa shape index (κ3) is 4.61. The van der Waals surface area contributed by atoms with Crippen molar-refractivity contribution in [3.63, 3.8) is 0 Å². The summed E-state index contributed by atoms with van der Waals surface area (Å²) in [6.07, 6.45) is 4.63. The van der Waals surface area contributed by atoms with E-state index in [4.69, 9.17) is 14.2 Å². The summed E-state index contributed by atoms with van der Waals surface area (Å²) in [7, 11) is 5.04. The Hall–Kier alpha value is -1.75. The molecule has 2 rings (SSSR count). The Morgan fingerprint density at radius 1 is 1.30 bits per heavy atom. The molecule has 0 radical (unpaired) electrons. The van der Waals surface area contributed by atoms with Gasteiger partial charge in [-0.1, -0.05) is 0 Å². The fraction of sp³-hybridized carbons (Fsp3) is 0.611. The molecule has 1 saturated carbocycles. The van der Waals surface area contributed by atoms with Crippen molar-refractivity contribution in [3.8, 4) is 11.5 Å². The van der Waals surface area contributed by atoms with E-state index in [1.807, 2.05) is 6.92 Å². The molecule has 128 valence electrons. The van der Waals surface area contributed by atoms with Gasteiger partial charge in [0.05, 0.1) is 24.9 Å².